The Kier molecular flexibility index (Phi) is 9.88. The molecule has 3 aromatic rings. The maximum Gasteiger partial charge on any atom is 0.264 e. The molecule has 1 N–H and O–H groups in total. The second-order valence-corrected chi connectivity index (χ2v) is 10.9. The highest BCUT2D eigenvalue weighted by atomic mass is 35.5. The smallest absolute Gasteiger partial charge is 0.264 e. The Morgan fingerprint density at radius 2 is 1.63 bits per heavy atom. The van der Waals surface area contributed by atoms with E-state index in [1.165, 1.54) is 41.3 Å². The summed E-state index contributed by atoms with van der Waals surface area (Å²) in [5.74, 6) is -1.38. The molecule has 0 saturated heterocycles. The lowest BCUT2D eigenvalue weighted by atomic mass is 10.1. The predicted molar refractivity (Wildman–Crippen MR) is 147 cm³/mol. The molecule has 0 aromatic heterocycles. The van der Waals surface area contributed by atoms with Crippen molar-refractivity contribution in [2.75, 3.05) is 17.4 Å². The van der Waals surface area contributed by atoms with Crippen LogP contribution in [0.15, 0.2) is 77.7 Å². The Morgan fingerprint density at radius 3 is 2.24 bits per heavy atom. The van der Waals surface area contributed by atoms with Crippen molar-refractivity contribution in [3.05, 3.63) is 94.8 Å². The van der Waals surface area contributed by atoms with Crippen molar-refractivity contribution in [1.82, 2.24) is 10.2 Å². The van der Waals surface area contributed by atoms with Gasteiger partial charge in [0, 0.05) is 18.1 Å². The summed E-state index contributed by atoms with van der Waals surface area (Å²) >= 11 is 6.32. The fraction of sp³-hybridized carbons (Fsp3) is 0.286. The number of nitrogens with one attached hydrogen (secondary N) is 1. The number of benzene rings is 3. The van der Waals surface area contributed by atoms with Gasteiger partial charge in [-0.1, -0.05) is 54.9 Å². The number of nitrogens with zero attached hydrogens (tertiary/aromatic N) is 2. The zero-order valence-corrected chi connectivity index (χ0v) is 23.1. The first-order chi connectivity index (χ1) is 18.1. The summed E-state index contributed by atoms with van der Waals surface area (Å²) < 4.78 is 42.2. The minimum absolute atomic E-state index is 0.00743. The van der Waals surface area contributed by atoms with Gasteiger partial charge < -0.3 is 10.2 Å². The highest BCUT2D eigenvalue weighted by molar-refractivity contribution is 7.92. The zero-order valence-electron chi connectivity index (χ0n) is 21.5. The zero-order chi connectivity index (χ0) is 27.9. The van der Waals surface area contributed by atoms with Crippen LogP contribution in [-0.2, 0) is 26.2 Å². The molecule has 0 aliphatic carbocycles. The van der Waals surface area contributed by atoms with Gasteiger partial charge in [-0.2, -0.15) is 0 Å². The number of hydrogen-bond acceptors (Lipinski definition) is 4. The Morgan fingerprint density at radius 1 is 0.974 bits per heavy atom. The summed E-state index contributed by atoms with van der Waals surface area (Å²) in [6.45, 7) is 4.99. The van der Waals surface area contributed by atoms with E-state index in [4.69, 9.17) is 11.6 Å². The second-order valence-electron chi connectivity index (χ2n) is 8.68. The molecule has 0 saturated carbocycles. The van der Waals surface area contributed by atoms with E-state index in [0.717, 1.165) is 4.31 Å². The van der Waals surface area contributed by atoms with Gasteiger partial charge in [-0.15, -0.1) is 0 Å². The van der Waals surface area contributed by atoms with Crippen molar-refractivity contribution < 1.29 is 22.4 Å². The molecular weight excluding hydrogens is 529 g/mol. The van der Waals surface area contributed by atoms with E-state index in [9.17, 15) is 22.4 Å². The van der Waals surface area contributed by atoms with Crippen LogP contribution >= 0.6 is 11.6 Å². The lowest BCUT2D eigenvalue weighted by Crippen LogP contribution is -2.52. The minimum atomic E-state index is -4.19. The maximum atomic E-state index is 13.9. The molecule has 0 bridgehead atoms. The summed E-state index contributed by atoms with van der Waals surface area (Å²) in [5.41, 5.74) is 1.34. The number of carbonyl (C=O) groups excluding carboxylic acids is 2. The number of sulfonamides is 1. The topological polar surface area (TPSA) is 86.8 Å². The Labute approximate surface area is 228 Å². The van der Waals surface area contributed by atoms with Crippen LogP contribution in [0.25, 0.3) is 0 Å². The average molecular weight is 560 g/mol. The first-order valence-electron chi connectivity index (χ1n) is 12.2. The fourth-order valence-electron chi connectivity index (χ4n) is 4.10. The van der Waals surface area contributed by atoms with Gasteiger partial charge in [0.25, 0.3) is 10.0 Å². The number of halogens is 2. The van der Waals surface area contributed by atoms with Crippen LogP contribution in [-0.4, -0.2) is 44.3 Å². The molecule has 38 heavy (non-hydrogen) atoms. The Bertz CT molecular complexity index is 1370. The molecular formula is C28H31ClFN3O4S. The molecule has 0 aliphatic heterocycles. The number of rotatable bonds is 11. The third-order valence-electron chi connectivity index (χ3n) is 6.12. The quantitative estimate of drug-likeness (QED) is 0.361. The van der Waals surface area contributed by atoms with Crippen molar-refractivity contribution in [2.45, 2.75) is 44.7 Å². The van der Waals surface area contributed by atoms with E-state index >= 15 is 0 Å². The van der Waals surface area contributed by atoms with Crippen molar-refractivity contribution in [2.24, 2.45) is 0 Å². The fourth-order valence-corrected chi connectivity index (χ4v) is 5.76. The van der Waals surface area contributed by atoms with Gasteiger partial charge in [0.2, 0.25) is 11.8 Å². The minimum Gasteiger partial charge on any atom is -0.355 e. The molecule has 0 radical (unpaired) electrons. The SMILES string of the molecule is CCNC(=O)[C@@H](CC)N(Cc1ccc(F)cc1)C(=O)CN(c1cccc(Cl)c1C)S(=O)(=O)c1ccccc1. The van der Waals surface area contributed by atoms with Crippen LogP contribution in [0.5, 0.6) is 0 Å². The van der Waals surface area contributed by atoms with Gasteiger partial charge in [-0.05, 0) is 67.8 Å². The summed E-state index contributed by atoms with van der Waals surface area (Å²) in [5, 5.41) is 3.09. The summed E-state index contributed by atoms with van der Waals surface area (Å²) in [6.07, 6.45) is 0.292. The average Bonchev–Trinajstić information content (AvgIpc) is 2.90. The maximum absolute atomic E-state index is 13.9. The number of carbonyl (C=O) groups is 2. The van der Waals surface area contributed by atoms with E-state index in [2.05, 4.69) is 5.32 Å². The van der Waals surface area contributed by atoms with Crippen molar-refractivity contribution >= 4 is 39.1 Å². The van der Waals surface area contributed by atoms with Gasteiger partial charge in [0.05, 0.1) is 10.6 Å². The van der Waals surface area contributed by atoms with Crippen molar-refractivity contribution in [3.8, 4) is 0 Å². The largest absolute Gasteiger partial charge is 0.355 e. The van der Waals surface area contributed by atoms with Gasteiger partial charge in [-0.3, -0.25) is 13.9 Å². The van der Waals surface area contributed by atoms with E-state index < -0.39 is 34.3 Å². The Hall–Kier alpha value is -3.43. The van der Waals surface area contributed by atoms with Crippen molar-refractivity contribution in [1.29, 1.82) is 0 Å². The molecule has 0 aliphatic rings. The first-order valence-corrected chi connectivity index (χ1v) is 14.1. The molecule has 1 atom stereocenters. The number of amides is 2. The third-order valence-corrected chi connectivity index (χ3v) is 8.30. The lowest BCUT2D eigenvalue weighted by molar-refractivity contribution is -0.140. The molecule has 7 nitrogen and oxygen atoms in total. The molecule has 202 valence electrons. The summed E-state index contributed by atoms with van der Waals surface area (Å²) in [4.78, 5) is 28.2. The molecule has 0 fully saturated rings. The molecule has 3 aromatic carbocycles. The highest BCUT2D eigenvalue weighted by Gasteiger charge is 2.34. The van der Waals surface area contributed by atoms with E-state index in [1.54, 1.807) is 57.2 Å². The summed E-state index contributed by atoms with van der Waals surface area (Å²) in [7, 11) is -4.19. The van der Waals surface area contributed by atoms with Crippen LogP contribution in [0.2, 0.25) is 5.02 Å². The van der Waals surface area contributed by atoms with Gasteiger partial charge in [-0.25, -0.2) is 12.8 Å². The van der Waals surface area contributed by atoms with Crippen LogP contribution in [0.1, 0.15) is 31.4 Å². The van der Waals surface area contributed by atoms with Crippen LogP contribution < -0.4 is 9.62 Å². The van der Waals surface area contributed by atoms with Gasteiger partial charge >= 0.3 is 0 Å². The van der Waals surface area contributed by atoms with Crippen LogP contribution in [0, 0.1) is 12.7 Å². The second kappa shape index (κ2) is 12.9. The number of hydrogen-bond donors (Lipinski definition) is 1. The lowest BCUT2D eigenvalue weighted by Gasteiger charge is -2.33. The Balaban J connectivity index is 2.09. The number of anilines is 1. The van der Waals surface area contributed by atoms with Crippen LogP contribution in [0.3, 0.4) is 0 Å². The normalized spacial score (nSPS) is 12.0. The first kappa shape index (κ1) is 29.1. The molecule has 0 spiro atoms. The van der Waals surface area contributed by atoms with Gasteiger partial charge in [0.1, 0.15) is 18.4 Å². The molecule has 3 rings (SSSR count). The summed E-state index contributed by atoms with van der Waals surface area (Å²) in [6, 6.07) is 17.4. The van der Waals surface area contributed by atoms with Crippen molar-refractivity contribution in [3.63, 3.8) is 0 Å². The van der Waals surface area contributed by atoms with Crippen LogP contribution in [0.4, 0.5) is 10.1 Å². The predicted octanol–water partition coefficient (Wildman–Crippen LogP) is 4.93. The van der Waals surface area contributed by atoms with E-state index in [0.29, 0.717) is 29.1 Å². The number of likely N-dealkylation sites (N-methyl/N-ethyl adjacent to an activating group) is 1. The molecule has 0 heterocycles. The van der Waals surface area contributed by atoms with E-state index in [1.807, 2.05) is 0 Å². The third kappa shape index (κ3) is 6.71. The molecule has 2 amide bonds. The highest BCUT2D eigenvalue weighted by Crippen LogP contribution is 2.31. The van der Waals surface area contributed by atoms with E-state index in [-0.39, 0.29) is 23.0 Å². The van der Waals surface area contributed by atoms with Gasteiger partial charge in [0.15, 0.2) is 0 Å². The molecule has 0 unspecified atom stereocenters. The molecule has 10 heteroatoms. The monoisotopic (exact) mass is 559 g/mol. The standard InChI is InChI=1S/C28H31ClFN3O4S/c1-4-25(28(35)31-5-2)32(18-21-14-16-22(30)17-15-21)27(34)19-33(26-13-9-12-24(29)20(26)3)38(36,37)23-10-7-6-8-11-23/h6-17,25H,4-5,18-19H2,1-3H3,(H,31,35)/t25-/m1/s1.